The van der Waals surface area contributed by atoms with Crippen molar-refractivity contribution in [2.45, 2.75) is 25.0 Å². The standard InChI is InChI=1S/C12H16OS/c1-3-7-11(13)12(14-2)10-8-5-4-6-9-10/h4-6,8-9,12H,3,7H2,1-2H3. The Balaban J connectivity index is 2.77. The minimum atomic E-state index is 0.0242. The van der Waals surface area contributed by atoms with E-state index in [4.69, 9.17) is 0 Å². The third-order valence-electron chi connectivity index (χ3n) is 2.13. The average Bonchev–Trinajstić information content (AvgIpc) is 2.21. The van der Waals surface area contributed by atoms with E-state index in [-0.39, 0.29) is 5.25 Å². The molecule has 0 aromatic heterocycles. The number of ketones is 1. The van der Waals surface area contributed by atoms with Crippen molar-refractivity contribution >= 4 is 17.5 Å². The zero-order valence-electron chi connectivity index (χ0n) is 8.69. The number of thioether (sulfide) groups is 1. The Morgan fingerprint density at radius 2 is 2.00 bits per heavy atom. The average molecular weight is 208 g/mol. The fraction of sp³-hybridized carbons (Fsp3) is 0.417. The molecule has 0 aliphatic carbocycles. The normalized spacial score (nSPS) is 12.4. The lowest BCUT2D eigenvalue weighted by Gasteiger charge is -2.12. The molecule has 1 aromatic rings. The van der Waals surface area contributed by atoms with Gasteiger partial charge in [-0.25, -0.2) is 0 Å². The van der Waals surface area contributed by atoms with Crippen molar-refractivity contribution in [3.8, 4) is 0 Å². The van der Waals surface area contributed by atoms with Crippen LogP contribution in [0.5, 0.6) is 0 Å². The minimum absolute atomic E-state index is 0.0242. The molecule has 0 aliphatic heterocycles. The van der Waals surface area contributed by atoms with Crippen LogP contribution in [0.25, 0.3) is 0 Å². The van der Waals surface area contributed by atoms with Crippen molar-refractivity contribution in [3.05, 3.63) is 35.9 Å². The Kier molecular flexibility index (Phi) is 4.74. The zero-order chi connectivity index (χ0) is 10.4. The maximum absolute atomic E-state index is 11.8. The van der Waals surface area contributed by atoms with Crippen LogP contribution in [0.1, 0.15) is 30.6 Å². The van der Waals surface area contributed by atoms with Gasteiger partial charge in [-0.1, -0.05) is 37.3 Å². The van der Waals surface area contributed by atoms with E-state index >= 15 is 0 Å². The van der Waals surface area contributed by atoms with Crippen molar-refractivity contribution in [2.75, 3.05) is 6.26 Å². The predicted octanol–water partition coefficient (Wildman–Crippen LogP) is 3.46. The summed E-state index contributed by atoms with van der Waals surface area (Å²) in [6.45, 7) is 2.04. The molecule has 1 atom stereocenters. The van der Waals surface area contributed by atoms with Gasteiger partial charge in [0.15, 0.2) is 0 Å². The molecule has 0 fully saturated rings. The van der Waals surface area contributed by atoms with E-state index in [1.165, 1.54) is 0 Å². The van der Waals surface area contributed by atoms with Crippen LogP contribution in [0, 0.1) is 0 Å². The van der Waals surface area contributed by atoms with Crippen LogP contribution in [-0.2, 0) is 4.79 Å². The molecule has 76 valence electrons. The van der Waals surface area contributed by atoms with Crippen LogP contribution >= 0.6 is 11.8 Å². The van der Waals surface area contributed by atoms with Gasteiger partial charge in [-0.15, -0.1) is 11.8 Å². The van der Waals surface area contributed by atoms with Crippen molar-refractivity contribution in [1.29, 1.82) is 0 Å². The van der Waals surface area contributed by atoms with E-state index in [1.54, 1.807) is 11.8 Å². The first-order chi connectivity index (χ1) is 6.79. The summed E-state index contributed by atoms with van der Waals surface area (Å²) in [7, 11) is 0. The lowest BCUT2D eigenvalue weighted by molar-refractivity contribution is -0.118. The smallest absolute Gasteiger partial charge is 0.150 e. The van der Waals surface area contributed by atoms with Gasteiger partial charge in [-0.3, -0.25) is 4.79 Å². The van der Waals surface area contributed by atoms with Crippen LogP contribution in [0.2, 0.25) is 0 Å². The van der Waals surface area contributed by atoms with E-state index in [0.29, 0.717) is 12.2 Å². The Morgan fingerprint density at radius 3 is 2.50 bits per heavy atom. The molecular formula is C12H16OS. The fourth-order valence-corrected chi connectivity index (χ4v) is 2.27. The summed E-state index contributed by atoms with van der Waals surface area (Å²) in [4.78, 5) is 11.8. The Bertz CT molecular complexity index is 282. The highest BCUT2D eigenvalue weighted by atomic mass is 32.2. The second kappa shape index (κ2) is 5.86. The first-order valence-electron chi connectivity index (χ1n) is 4.90. The van der Waals surface area contributed by atoms with Crippen molar-refractivity contribution in [1.82, 2.24) is 0 Å². The van der Waals surface area contributed by atoms with Gasteiger partial charge >= 0.3 is 0 Å². The van der Waals surface area contributed by atoms with E-state index in [1.807, 2.05) is 43.5 Å². The molecule has 0 N–H and O–H groups in total. The van der Waals surface area contributed by atoms with Crippen molar-refractivity contribution < 1.29 is 4.79 Å². The molecule has 1 unspecified atom stereocenters. The summed E-state index contributed by atoms with van der Waals surface area (Å²) in [6, 6.07) is 9.99. The highest BCUT2D eigenvalue weighted by molar-refractivity contribution is 7.99. The second-order valence-corrected chi connectivity index (χ2v) is 4.19. The monoisotopic (exact) mass is 208 g/mol. The lowest BCUT2D eigenvalue weighted by atomic mass is 10.1. The fourth-order valence-electron chi connectivity index (χ4n) is 1.46. The topological polar surface area (TPSA) is 17.1 Å². The van der Waals surface area contributed by atoms with E-state index < -0.39 is 0 Å². The predicted molar refractivity (Wildman–Crippen MR) is 62.6 cm³/mol. The van der Waals surface area contributed by atoms with E-state index in [0.717, 1.165) is 12.0 Å². The molecule has 0 amide bonds. The Hall–Kier alpha value is -0.760. The Morgan fingerprint density at radius 1 is 1.36 bits per heavy atom. The van der Waals surface area contributed by atoms with Crippen molar-refractivity contribution in [3.63, 3.8) is 0 Å². The molecular weight excluding hydrogens is 192 g/mol. The molecule has 1 rings (SSSR count). The number of benzene rings is 1. The third-order valence-corrected chi connectivity index (χ3v) is 3.13. The Labute approximate surface area is 89.9 Å². The molecule has 0 spiro atoms. The lowest BCUT2D eigenvalue weighted by Crippen LogP contribution is -2.08. The minimum Gasteiger partial charge on any atom is -0.298 e. The summed E-state index contributed by atoms with van der Waals surface area (Å²) in [5.41, 5.74) is 1.12. The largest absolute Gasteiger partial charge is 0.298 e. The molecule has 2 heteroatoms. The van der Waals surface area contributed by atoms with Gasteiger partial charge in [0, 0.05) is 6.42 Å². The molecule has 0 heterocycles. The molecule has 0 bridgehead atoms. The second-order valence-electron chi connectivity index (χ2n) is 3.24. The summed E-state index contributed by atoms with van der Waals surface area (Å²) < 4.78 is 0. The van der Waals surface area contributed by atoms with Gasteiger partial charge in [0.05, 0.1) is 5.25 Å². The van der Waals surface area contributed by atoms with Crippen LogP contribution < -0.4 is 0 Å². The number of rotatable bonds is 5. The summed E-state index contributed by atoms with van der Waals surface area (Å²) in [5, 5.41) is 0.0242. The highest BCUT2D eigenvalue weighted by Gasteiger charge is 2.17. The van der Waals surface area contributed by atoms with Gasteiger partial charge in [-0.05, 0) is 18.2 Å². The molecule has 1 nitrogen and oxygen atoms in total. The maximum atomic E-state index is 11.8. The maximum Gasteiger partial charge on any atom is 0.150 e. The van der Waals surface area contributed by atoms with Crippen LogP contribution in [0.3, 0.4) is 0 Å². The molecule has 0 aliphatic rings. The van der Waals surface area contributed by atoms with Crippen LogP contribution in [0.15, 0.2) is 30.3 Å². The molecule has 0 radical (unpaired) electrons. The molecule has 0 saturated heterocycles. The summed E-state index contributed by atoms with van der Waals surface area (Å²) in [6.07, 6.45) is 3.61. The number of hydrogen-bond donors (Lipinski definition) is 0. The molecule has 1 aromatic carbocycles. The van der Waals surface area contributed by atoms with E-state index in [2.05, 4.69) is 0 Å². The highest BCUT2D eigenvalue weighted by Crippen LogP contribution is 2.28. The third kappa shape index (κ3) is 2.88. The summed E-state index contributed by atoms with van der Waals surface area (Å²) in [5.74, 6) is 0.339. The van der Waals surface area contributed by atoms with Crippen LogP contribution in [-0.4, -0.2) is 12.0 Å². The van der Waals surface area contributed by atoms with Gasteiger partial charge in [0.2, 0.25) is 0 Å². The molecule has 0 saturated carbocycles. The quantitative estimate of drug-likeness (QED) is 0.737. The van der Waals surface area contributed by atoms with E-state index in [9.17, 15) is 4.79 Å². The number of Topliss-reactive ketones (excluding diaryl/α,β-unsaturated/α-hetero) is 1. The summed E-state index contributed by atoms with van der Waals surface area (Å²) >= 11 is 1.62. The van der Waals surface area contributed by atoms with Gasteiger partial charge < -0.3 is 0 Å². The molecule has 14 heavy (non-hydrogen) atoms. The van der Waals surface area contributed by atoms with Gasteiger partial charge in [0.25, 0.3) is 0 Å². The number of hydrogen-bond acceptors (Lipinski definition) is 2. The SMILES string of the molecule is CCCC(=O)C(SC)c1ccccc1. The van der Waals surface area contributed by atoms with Crippen LogP contribution in [0.4, 0.5) is 0 Å². The first kappa shape index (κ1) is 11.3. The van der Waals surface area contributed by atoms with Gasteiger partial charge in [0.1, 0.15) is 5.78 Å². The van der Waals surface area contributed by atoms with Crippen molar-refractivity contribution in [2.24, 2.45) is 0 Å². The number of carbonyl (C=O) groups excluding carboxylic acids is 1. The zero-order valence-corrected chi connectivity index (χ0v) is 9.51. The number of carbonyl (C=O) groups is 1. The van der Waals surface area contributed by atoms with Gasteiger partial charge in [-0.2, -0.15) is 0 Å². The first-order valence-corrected chi connectivity index (χ1v) is 6.18.